The van der Waals surface area contributed by atoms with Crippen LogP contribution in [-0.2, 0) is 25.6 Å². The molecule has 1 amide bonds. The van der Waals surface area contributed by atoms with Gasteiger partial charge in [-0.15, -0.1) is 0 Å². The van der Waals surface area contributed by atoms with Crippen molar-refractivity contribution in [3.05, 3.63) is 58.6 Å². The molecule has 0 aromatic heterocycles. The number of hydrogen-bond acceptors (Lipinski definition) is 7. The molecule has 3 saturated heterocycles. The molecule has 40 heavy (non-hydrogen) atoms. The van der Waals surface area contributed by atoms with Crippen molar-refractivity contribution in [2.24, 2.45) is 17.8 Å². The van der Waals surface area contributed by atoms with E-state index in [-0.39, 0.29) is 23.5 Å². The van der Waals surface area contributed by atoms with Crippen LogP contribution in [0.3, 0.4) is 0 Å². The van der Waals surface area contributed by atoms with Crippen LogP contribution in [0, 0.1) is 24.7 Å². The number of benzene rings is 2. The first-order valence-corrected chi connectivity index (χ1v) is 15.9. The van der Waals surface area contributed by atoms with Crippen LogP contribution in [0.4, 0.5) is 10.5 Å². The maximum atomic E-state index is 12.7. The molecule has 5 rings (SSSR count). The molecule has 2 unspecified atom stereocenters. The normalized spacial score (nSPS) is 23.6. The van der Waals surface area contributed by atoms with Gasteiger partial charge in [0.25, 0.3) is 10.1 Å². The van der Waals surface area contributed by atoms with E-state index in [0.717, 1.165) is 56.9 Å². The maximum absolute atomic E-state index is 12.7. The lowest BCUT2D eigenvalue weighted by atomic mass is 10.0. The Labute approximate surface area is 243 Å². The summed E-state index contributed by atoms with van der Waals surface area (Å²) in [7, 11) is -3.79. The van der Waals surface area contributed by atoms with Crippen molar-refractivity contribution in [2.75, 3.05) is 50.8 Å². The van der Waals surface area contributed by atoms with Gasteiger partial charge < -0.3 is 14.5 Å². The predicted molar refractivity (Wildman–Crippen MR) is 156 cm³/mol. The summed E-state index contributed by atoms with van der Waals surface area (Å²) in [6.45, 7) is 13.4. The van der Waals surface area contributed by atoms with Crippen LogP contribution in [0.5, 0.6) is 0 Å². The first-order valence-electron chi connectivity index (χ1n) is 14.1. The number of hydrogen-bond donors (Lipinski definition) is 0. The number of likely N-dealkylation sites (tertiary alicyclic amines) is 2. The lowest BCUT2D eigenvalue weighted by Gasteiger charge is -2.27. The standard InChI is InChI=1S/C30H40ClN3O5S/c1-21-8-10-26(11-9-21)40(36,37)38-20-22-12-13-33(14-22)28-23(6-5-7-27(28)31)15-32-16-24-18-34(19-25(24)17-32)29(35)39-30(2,3)4/h5-11,22,24-25H,12-20H2,1-4H3/t22-,24?,25?/m0/s1. The Bertz CT molecular complexity index is 1310. The van der Waals surface area contributed by atoms with E-state index < -0.39 is 15.7 Å². The summed E-state index contributed by atoms with van der Waals surface area (Å²) in [6.07, 6.45) is 0.618. The van der Waals surface area contributed by atoms with E-state index in [1.165, 1.54) is 5.56 Å². The number of aryl methyl sites for hydroxylation is 1. The second kappa shape index (κ2) is 11.5. The van der Waals surface area contributed by atoms with Gasteiger partial charge in [0, 0.05) is 51.7 Å². The van der Waals surface area contributed by atoms with Crippen molar-refractivity contribution >= 4 is 33.5 Å². The van der Waals surface area contributed by atoms with Gasteiger partial charge in [-0.3, -0.25) is 9.08 Å². The van der Waals surface area contributed by atoms with Gasteiger partial charge in [-0.05, 0) is 69.7 Å². The lowest BCUT2D eigenvalue weighted by molar-refractivity contribution is 0.0274. The molecule has 0 bridgehead atoms. The molecule has 2 aromatic carbocycles. The third-order valence-corrected chi connectivity index (χ3v) is 9.65. The van der Waals surface area contributed by atoms with E-state index in [0.29, 0.717) is 23.4 Å². The Morgan fingerprint density at radius 1 is 1.00 bits per heavy atom. The molecule has 0 spiro atoms. The highest BCUT2D eigenvalue weighted by Crippen LogP contribution is 2.37. The third-order valence-electron chi connectivity index (χ3n) is 8.05. The number of ether oxygens (including phenoxy) is 1. The minimum absolute atomic E-state index is 0.0920. The Kier molecular flexibility index (Phi) is 8.39. The molecule has 3 aliphatic heterocycles. The van der Waals surface area contributed by atoms with Crippen LogP contribution in [-0.4, -0.2) is 75.8 Å². The summed E-state index contributed by atoms with van der Waals surface area (Å²) in [4.78, 5) is 19.3. The van der Waals surface area contributed by atoms with Crippen molar-refractivity contribution in [3.63, 3.8) is 0 Å². The number of amides is 1. The van der Waals surface area contributed by atoms with E-state index in [1.807, 2.05) is 44.7 Å². The Morgan fingerprint density at radius 2 is 1.68 bits per heavy atom. The topological polar surface area (TPSA) is 79.4 Å². The van der Waals surface area contributed by atoms with Crippen LogP contribution in [0.15, 0.2) is 47.4 Å². The summed E-state index contributed by atoms with van der Waals surface area (Å²) in [5.41, 5.74) is 2.71. The van der Waals surface area contributed by atoms with E-state index in [9.17, 15) is 13.2 Å². The molecule has 2 aromatic rings. The highest BCUT2D eigenvalue weighted by Gasteiger charge is 2.43. The predicted octanol–water partition coefficient (Wildman–Crippen LogP) is 5.18. The average Bonchev–Trinajstić information content (AvgIpc) is 3.58. The molecule has 218 valence electrons. The summed E-state index contributed by atoms with van der Waals surface area (Å²) in [5, 5.41) is 0.710. The number of carbonyl (C=O) groups excluding carboxylic acids is 1. The molecule has 0 saturated carbocycles. The summed E-state index contributed by atoms with van der Waals surface area (Å²) in [6, 6.07) is 12.8. The average molecular weight is 590 g/mol. The minimum atomic E-state index is -3.79. The number of fused-ring (bicyclic) bond motifs is 1. The fraction of sp³-hybridized carbons (Fsp3) is 0.567. The molecule has 8 nitrogen and oxygen atoms in total. The Morgan fingerprint density at radius 3 is 2.33 bits per heavy atom. The minimum Gasteiger partial charge on any atom is -0.444 e. The van der Waals surface area contributed by atoms with Crippen LogP contribution in [0.2, 0.25) is 5.02 Å². The molecule has 0 aliphatic carbocycles. The van der Waals surface area contributed by atoms with Crippen molar-refractivity contribution in [1.29, 1.82) is 0 Å². The molecular formula is C30H40ClN3O5S. The van der Waals surface area contributed by atoms with E-state index in [1.54, 1.807) is 24.3 Å². The van der Waals surface area contributed by atoms with Gasteiger partial charge in [-0.1, -0.05) is 41.4 Å². The summed E-state index contributed by atoms with van der Waals surface area (Å²) in [5.74, 6) is 0.979. The van der Waals surface area contributed by atoms with Gasteiger partial charge in [0.15, 0.2) is 0 Å². The van der Waals surface area contributed by atoms with E-state index >= 15 is 0 Å². The number of carbonyl (C=O) groups is 1. The van der Waals surface area contributed by atoms with Crippen LogP contribution < -0.4 is 4.90 Å². The zero-order valence-electron chi connectivity index (χ0n) is 23.8. The van der Waals surface area contributed by atoms with Gasteiger partial charge >= 0.3 is 6.09 Å². The quantitative estimate of drug-likeness (QED) is 0.412. The second-order valence-corrected chi connectivity index (χ2v) is 14.5. The van der Waals surface area contributed by atoms with E-state index in [4.69, 9.17) is 20.5 Å². The molecular weight excluding hydrogens is 550 g/mol. The number of halogens is 1. The smallest absolute Gasteiger partial charge is 0.410 e. The molecule has 0 N–H and O–H groups in total. The summed E-state index contributed by atoms with van der Waals surface area (Å²) < 4.78 is 36.4. The van der Waals surface area contributed by atoms with E-state index in [2.05, 4.69) is 15.9 Å². The Balaban J connectivity index is 1.17. The largest absolute Gasteiger partial charge is 0.444 e. The fourth-order valence-electron chi connectivity index (χ4n) is 6.11. The van der Waals surface area contributed by atoms with Gasteiger partial charge in [0.05, 0.1) is 22.2 Å². The van der Waals surface area contributed by atoms with Crippen LogP contribution >= 0.6 is 11.6 Å². The van der Waals surface area contributed by atoms with Crippen molar-refractivity contribution in [3.8, 4) is 0 Å². The molecule has 3 heterocycles. The van der Waals surface area contributed by atoms with Gasteiger partial charge in [-0.25, -0.2) is 4.79 Å². The highest BCUT2D eigenvalue weighted by atomic mass is 35.5. The van der Waals surface area contributed by atoms with Crippen LogP contribution in [0.25, 0.3) is 0 Å². The zero-order chi connectivity index (χ0) is 28.7. The number of nitrogens with zero attached hydrogens (tertiary/aromatic N) is 3. The Hall–Kier alpha value is -2.33. The van der Waals surface area contributed by atoms with Gasteiger partial charge in [-0.2, -0.15) is 8.42 Å². The third kappa shape index (κ3) is 6.75. The number of rotatable bonds is 7. The monoisotopic (exact) mass is 589 g/mol. The SMILES string of the molecule is Cc1ccc(S(=O)(=O)OC[C@H]2CCN(c3c(Cl)cccc3CN3CC4CN(C(=O)OC(C)(C)C)CC4C3)C2)cc1. The zero-order valence-corrected chi connectivity index (χ0v) is 25.4. The molecule has 3 aliphatic rings. The molecule has 0 radical (unpaired) electrons. The van der Waals surface area contributed by atoms with Crippen molar-refractivity contribution in [2.45, 2.75) is 51.2 Å². The van der Waals surface area contributed by atoms with Gasteiger partial charge in [0.1, 0.15) is 5.60 Å². The van der Waals surface area contributed by atoms with Crippen molar-refractivity contribution in [1.82, 2.24) is 9.80 Å². The van der Waals surface area contributed by atoms with Gasteiger partial charge in [0.2, 0.25) is 0 Å². The number of anilines is 1. The lowest BCUT2D eigenvalue weighted by Crippen LogP contribution is -2.37. The number of para-hydroxylation sites is 1. The maximum Gasteiger partial charge on any atom is 0.410 e. The van der Waals surface area contributed by atoms with Crippen molar-refractivity contribution < 1.29 is 22.1 Å². The molecule has 3 atom stereocenters. The molecule has 3 fully saturated rings. The second-order valence-electron chi connectivity index (χ2n) is 12.5. The molecule has 10 heteroatoms. The van der Waals surface area contributed by atoms with Crippen LogP contribution in [0.1, 0.15) is 38.3 Å². The summed E-state index contributed by atoms with van der Waals surface area (Å²) >= 11 is 6.74. The first-order chi connectivity index (χ1) is 18.9. The highest BCUT2D eigenvalue weighted by molar-refractivity contribution is 7.86. The fourth-order valence-corrected chi connectivity index (χ4v) is 7.40. The first kappa shape index (κ1) is 29.2.